The Morgan fingerprint density at radius 2 is 1.07 bits per heavy atom. The molecule has 1 saturated carbocycles. The first-order valence-electron chi connectivity index (χ1n) is 25.5. The number of fused-ring (bicyclic) bond motifs is 6. The van der Waals surface area contributed by atoms with E-state index in [-0.39, 0.29) is 42.0 Å². The molecule has 0 N–H and O–H groups in total. The lowest BCUT2D eigenvalue weighted by Crippen LogP contribution is -2.36. The molecule has 12 rings (SSSR count). The van der Waals surface area contributed by atoms with Crippen LogP contribution < -0.4 is 11.4 Å². The van der Waals surface area contributed by atoms with E-state index in [9.17, 15) is 14.4 Å². The molecule has 0 radical (unpaired) electrons. The molecule has 0 bridgehead atoms. The van der Waals surface area contributed by atoms with E-state index in [0.717, 1.165) is 101 Å². The van der Waals surface area contributed by atoms with E-state index in [1.54, 1.807) is 49.8 Å². The second-order valence-electron chi connectivity index (χ2n) is 19.8. The third-order valence-corrected chi connectivity index (χ3v) is 13.9. The monoisotopic (exact) mass is 1020 g/mol. The Kier molecular flexibility index (Phi) is 13.8. The lowest BCUT2D eigenvalue weighted by molar-refractivity contribution is 0.0289. The molecule has 2 fully saturated rings. The summed E-state index contributed by atoms with van der Waals surface area (Å²) < 4.78 is 22.5. The Balaban J connectivity index is 0.000000175. The maximum absolute atomic E-state index is 13.5. The van der Waals surface area contributed by atoms with Crippen LogP contribution in [0.25, 0.3) is 88.6 Å². The number of ether oxygens (including phenoxy) is 1. The van der Waals surface area contributed by atoms with E-state index < -0.39 is 5.60 Å². The molecule has 1 saturated heterocycles. The predicted molar refractivity (Wildman–Crippen MR) is 293 cm³/mol. The van der Waals surface area contributed by atoms with Crippen LogP contribution in [0.1, 0.15) is 80.2 Å². The number of benzene rings is 2. The molecule has 1 aliphatic carbocycles. The largest absolute Gasteiger partial charge is 0.444 e. The number of imidazole rings is 2. The molecular formula is C56H62ClN13O4. The average molecular weight is 1020 g/mol. The van der Waals surface area contributed by atoms with E-state index >= 15 is 0 Å². The molecule has 1 aliphatic heterocycles. The summed E-state index contributed by atoms with van der Waals surface area (Å²) in [5.41, 5.74) is 12.2. The van der Waals surface area contributed by atoms with Crippen molar-refractivity contribution in [3.63, 3.8) is 0 Å². The van der Waals surface area contributed by atoms with Gasteiger partial charge in [0.25, 0.3) is 0 Å². The summed E-state index contributed by atoms with van der Waals surface area (Å²) >= 11 is 0. The minimum atomic E-state index is -0.575. The summed E-state index contributed by atoms with van der Waals surface area (Å²) in [5.74, 6) is 0. The molecule has 2 aromatic carbocycles. The van der Waals surface area contributed by atoms with Gasteiger partial charge in [-0.05, 0) is 87.6 Å². The normalized spacial score (nSPS) is 15.0. The Hall–Kier alpha value is -7.92. The SMILES string of the molecule is Cl.Cn1cc(-c2ccc(-c3ccc4ncc5c(c4c3)n(C3CCCC3)c(=O)n5C)cn2)cn1.Cn1cc(-c2ccc(-c3ccc4ncc5c(c4c3)n(C3CCN(C(=O)OC(C)(C)C)C3)c(=O)n5C)cn2)cn1.[2H]CC. The molecule has 0 spiro atoms. The summed E-state index contributed by atoms with van der Waals surface area (Å²) in [6, 6.07) is 20.6. The number of hydrogen-bond donors (Lipinski definition) is 0. The van der Waals surface area contributed by atoms with Crippen LogP contribution in [0.4, 0.5) is 4.79 Å². The number of aromatic nitrogens is 12. The fraction of sp³-hybridized carbons (Fsp3) is 0.339. The van der Waals surface area contributed by atoms with Crippen molar-refractivity contribution in [1.29, 1.82) is 0 Å². The first-order chi connectivity index (χ1) is 35.6. The lowest BCUT2D eigenvalue weighted by Gasteiger charge is -2.24. The molecule has 18 heteroatoms. The van der Waals surface area contributed by atoms with Crippen molar-refractivity contribution in [2.24, 2.45) is 28.2 Å². The van der Waals surface area contributed by atoms with Gasteiger partial charge in [0.15, 0.2) is 0 Å². The molecule has 1 atom stereocenters. The number of amides is 1. The highest BCUT2D eigenvalue weighted by atomic mass is 35.5. The zero-order chi connectivity index (χ0) is 52.0. The van der Waals surface area contributed by atoms with Crippen molar-refractivity contribution in [3.05, 3.63) is 131 Å². The second-order valence-corrected chi connectivity index (χ2v) is 19.8. The molecule has 1 amide bonds. The summed E-state index contributed by atoms with van der Waals surface area (Å²) in [6.45, 7) is 8.80. The number of halogens is 1. The molecule has 382 valence electrons. The zero-order valence-corrected chi connectivity index (χ0v) is 43.9. The van der Waals surface area contributed by atoms with E-state index in [2.05, 4.69) is 54.4 Å². The predicted octanol–water partition coefficient (Wildman–Crippen LogP) is 10.4. The molecular weight excluding hydrogens is 954 g/mol. The van der Waals surface area contributed by atoms with Crippen molar-refractivity contribution in [2.75, 3.05) is 13.1 Å². The minimum absolute atomic E-state index is 0. The highest BCUT2D eigenvalue weighted by molar-refractivity contribution is 6.05. The zero-order valence-electron chi connectivity index (χ0n) is 44.1. The molecule has 8 aromatic heterocycles. The van der Waals surface area contributed by atoms with Gasteiger partial charge in [0.2, 0.25) is 0 Å². The number of pyridine rings is 4. The first kappa shape index (κ1) is 49.6. The summed E-state index contributed by atoms with van der Waals surface area (Å²) in [7, 11) is 7.39. The third kappa shape index (κ3) is 9.59. The third-order valence-electron chi connectivity index (χ3n) is 13.9. The van der Waals surface area contributed by atoms with Gasteiger partial charge in [-0.2, -0.15) is 10.2 Å². The quantitative estimate of drug-likeness (QED) is 0.156. The fourth-order valence-electron chi connectivity index (χ4n) is 10.3. The van der Waals surface area contributed by atoms with Crippen molar-refractivity contribution in [3.8, 4) is 44.8 Å². The van der Waals surface area contributed by atoms with Crippen LogP contribution in [-0.2, 0) is 32.9 Å². The van der Waals surface area contributed by atoms with Crippen LogP contribution in [0.5, 0.6) is 0 Å². The lowest BCUT2D eigenvalue weighted by atomic mass is 10.0. The highest BCUT2D eigenvalue weighted by Crippen LogP contribution is 2.36. The minimum Gasteiger partial charge on any atom is -0.444 e. The van der Waals surface area contributed by atoms with Crippen LogP contribution in [0.15, 0.2) is 120 Å². The number of likely N-dealkylation sites (tertiary alicyclic amines) is 1. The number of nitrogens with zero attached hydrogens (tertiary/aromatic N) is 13. The van der Waals surface area contributed by atoms with Crippen LogP contribution in [0.3, 0.4) is 0 Å². The van der Waals surface area contributed by atoms with E-state index in [4.69, 9.17) is 6.11 Å². The first-order valence-corrected chi connectivity index (χ1v) is 24.8. The Bertz CT molecular complexity index is 3820. The number of aryl methyl sites for hydroxylation is 4. The van der Waals surface area contributed by atoms with Crippen molar-refractivity contribution >= 4 is 62.4 Å². The average Bonchev–Trinajstić information content (AvgIpc) is 4.28. The smallest absolute Gasteiger partial charge is 0.410 e. The Labute approximate surface area is 435 Å². The van der Waals surface area contributed by atoms with E-state index in [0.29, 0.717) is 26.4 Å². The molecule has 10 aromatic rings. The van der Waals surface area contributed by atoms with Gasteiger partial charge in [-0.3, -0.25) is 47.6 Å². The van der Waals surface area contributed by atoms with Gasteiger partial charge >= 0.3 is 17.5 Å². The van der Waals surface area contributed by atoms with Gasteiger partial charge < -0.3 is 9.64 Å². The Morgan fingerprint density at radius 3 is 1.49 bits per heavy atom. The van der Waals surface area contributed by atoms with E-state index in [1.165, 1.54) is 12.8 Å². The highest BCUT2D eigenvalue weighted by Gasteiger charge is 2.33. The standard InChI is InChI=1S/C29H31N7O3.C25H24N6O.C2H6.ClH/c1-29(2,3)39-28(38)35-11-10-21(17-35)36-26-22-12-18(6-9-24(22)31-15-25(26)34(5)27(36)37)19-7-8-23(30-13-19)20-14-32-33(4)16-20;1-29-15-18(13-28-29)21-9-8-17(12-26-21)16-7-10-22-20(11-16)24-23(14-27-22)30(2)25(32)31(24)19-5-3-4-6-19;1-2;/h6-9,12-16,21H,10-11,17H2,1-5H3;7-15,19H,3-6H2,1-2H3;1-2H3;1H/i;;1D;. The number of rotatable bonds is 6. The molecule has 2 aliphatic rings. The topological polar surface area (TPSA) is 171 Å². The maximum atomic E-state index is 13.5. The summed E-state index contributed by atoms with van der Waals surface area (Å²) in [4.78, 5) is 59.6. The maximum Gasteiger partial charge on any atom is 0.410 e. The van der Waals surface area contributed by atoms with E-state index in [1.807, 2.05) is 125 Å². The molecule has 74 heavy (non-hydrogen) atoms. The van der Waals surface area contributed by atoms with Crippen molar-refractivity contribution in [2.45, 2.75) is 84.4 Å². The Morgan fingerprint density at radius 1 is 0.608 bits per heavy atom. The van der Waals surface area contributed by atoms with Crippen LogP contribution in [0, 0.1) is 0 Å². The van der Waals surface area contributed by atoms with Gasteiger partial charge in [-0.15, -0.1) is 12.4 Å². The number of carbonyl (C=O) groups is 1. The fourth-order valence-corrected chi connectivity index (χ4v) is 10.3. The van der Waals surface area contributed by atoms with Crippen molar-refractivity contribution < 1.29 is 10.9 Å². The van der Waals surface area contributed by atoms with Crippen LogP contribution in [-0.4, -0.2) is 87.4 Å². The van der Waals surface area contributed by atoms with Gasteiger partial charge in [0.05, 0.1) is 75.3 Å². The molecule has 17 nitrogen and oxygen atoms in total. The second kappa shape index (κ2) is 20.5. The number of carbonyl (C=O) groups excluding carboxylic acids is 1. The molecule has 9 heterocycles. The van der Waals surface area contributed by atoms with Gasteiger partial charge in [0.1, 0.15) is 5.60 Å². The van der Waals surface area contributed by atoms with Crippen molar-refractivity contribution in [1.82, 2.24) is 62.7 Å². The summed E-state index contributed by atoms with van der Waals surface area (Å²) in [5, 5.41) is 10.4. The number of hydrogen-bond acceptors (Lipinski definition) is 10. The van der Waals surface area contributed by atoms with Gasteiger partial charge in [-0.25, -0.2) is 14.4 Å². The molecule has 1 unspecified atom stereocenters. The van der Waals surface area contributed by atoms with Gasteiger partial charge in [0, 0.05) is 107 Å². The van der Waals surface area contributed by atoms with Gasteiger partial charge in [-0.1, -0.05) is 50.9 Å². The van der Waals surface area contributed by atoms with Crippen LogP contribution >= 0.6 is 12.4 Å². The summed E-state index contributed by atoms with van der Waals surface area (Å²) in [6.07, 6.45) is 19.6. The van der Waals surface area contributed by atoms with Crippen LogP contribution in [0.2, 0.25) is 0 Å².